The van der Waals surface area contributed by atoms with Crippen molar-refractivity contribution >= 4 is 19.3 Å². The van der Waals surface area contributed by atoms with Crippen molar-refractivity contribution in [2.75, 3.05) is 0 Å². The second kappa shape index (κ2) is 4.29. The lowest BCUT2D eigenvalue weighted by atomic mass is 9.82. The summed E-state index contributed by atoms with van der Waals surface area (Å²) in [7, 11) is 0.695. The summed E-state index contributed by atoms with van der Waals surface area (Å²) >= 11 is 6.11. The predicted molar refractivity (Wildman–Crippen MR) is 77.6 cm³/mol. The molecule has 1 radical (unpaired) electrons. The van der Waals surface area contributed by atoms with Gasteiger partial charge in [0.1, 0.15) is 5.75 Å². The lowest BCUT2D eigenvalue weighted by molar-refractivity contribution is 0.454. The van der Waals surface area contributed by atoms with Crippen LogP contribution in [-0.4, -0.2) is 12.7 Å². The molecule has 19 heavy (non-hydrogen) atoms. The Balaban J connectivity index is 2.25. The topological polar surface area (TPSA) is 29.5 Å². The third kappa shape index (κ3) is 1.85. The molecule has 1 aliphatic carbocycles. The third-order valence-electron chi connectivity index (χ3n) is 3.80. The number of rotatable bonds is 2. The molecule has 3 rings (SSSR count). The first kappa shape index (κ1) is 12.6. The minimum Gasteiger partial charge on any atom is -0.537 e. The molecule has 0 atom stereocenters. The maximum absolute atomic E-state index is 8.74. The fraction of sp³-hybridized carbons (Fsp3) is 0.200. The van der Waals surface area contributed by atoms with Crippen LogP contribution in [0, 0.1) is 0 Å². The molecular formula is C15H13BClO2. The van der Waals surface area contributed by atoms with Gasteiger partial charge in [-0.2, -0.15) is 0 Å². The average molecular weight is 272 g/mol. The van der Waals surface area contributed by atoms with E-state index in [4.69, 9.17) is 21.3 Å². The van der Waals surface area contributed by atoms with Crippen LogP contribution in [-0.2, 0) is 5.41 Å². The van der Waals surface area contributed by atoms with E-state index in [9.17, 15) is 0 Å². The largest absolute Gasteiger partial charge is 0.569 e. The summed E-state index contributed by atoms with van der Waals surface area (Å²) in [6.45, 7) is 4.40. The van der Waals surface area contributed by atoms with Crippen molar-refractivity contribution in [3.05, 3.63) is 52.5 Å². The zero-order chi connectivity index (χ0) is 13.6. The monoisotopic (exact) mass is 271 g/mol. The van der Waals surface area contributed by atoms with Crippen LogP contribution in [0.3, 0.4) is 0 Å². The van der Waals surface area contributed by atoms with Gasteiger partial charge in [0, 0.05) is 10.4 Å². The Morgan fingerprint density at radius 3 is 2.37 bits per heavy atom. The normalized spacial score (nSPS) is 14.7. The Morgan fingerprint density at radius 1 is 1.05 bits per heavy atom. The van der Waals surface area contributed by atoms with Crippen molar-refractivity contribution in [3.63, 3.8) is 0 Å². The summed E-state index contributed by atoms with van der Waals surface area (Å²) in [5.74, 6) is 0.616. The summed E-state index contributed by atoms with van der Waals surface area (Å²) < 4.78 is 5.04. The standard InChI is InChI=1S/C15H13BClO2/c1-15(2)13-5-3-9(17)7-11(13)12-8-10(19-16-18)4-6-14(12)15/h3-8,18H,1-2H3. The highest BCUT2D eigenvalue weighted by Gasteiger charge is 2.35. The van der Waals surface area contributed by atoms with Gasteiger partial charge in [-0.1, -0.05) is 37.6 Å². The van der Waals surface area contributed by atoms with Crippen molar-refractivity contribution in [1.29, 1.82) is 0 Å². The number of hydrogen-bond acceptors (Lipinski definition) is 2. The second-order valence-electron chi connectivity index (χ2n) is 5.25. The molecule has 0 fully saturated rings. The van der Waals surface area contributed by atoms with E-state index in [1.54, 1.807) is 0 Å². The average Bonchev–Trinajstić information content (AvgIpc) is 2.58. The molecule has 0 spiro atoms. The SMILES string of the molecule is CC1(C)c2ccc(Cl)cc2-c2cc(O[B]O)ccc21. The van der Waals surface area contributed by atoms with Crippen LogP contribution in [0.5, 0.6) is 5.75 Å². The molecule has 0 heterocycles. The van der Waals surface area contributed by atoms with Gasteiger partial charge < -0.3 is 9.68 Å². The van der Waals surface area contributed by atoms with Crippen molar-refractivity contribution in [2.45, 2.75) is 19.3 Å². The molecule has 2 nitrogen and oxygen atoms in total. The van der Waals surface area contributed by atoms with Gasteiger partial charge in [0.25, 0.3) is 0 Å². The van der Waals surface area contributed by atoms with E-state index in [0.717, 1.165) is 16.1 Å². The number of fused-ring (bicyclic) bond motifs is 3. The summed E-state index contributed by atoms with van der Waals surface area (Å²) in [5.41, 5.74) is 4.71. The van der Waals surface area contributed by atoms with E-state index < -0.39 is 0 Å². The van der Waals surface area contributed by atoms with E-state index >= 15 is 0 Å². The van der Waals surface area contributed by atoms with Gasteiger partial charge in [-0.3, -0.25) is 0 Å². The van der Waals surface area contributed by atoms with E-state index in [-0.39, 0.29) is 5.41 Å². The lowest BCUT2D eigenvalue weighted by Crippen LogP contribution is -2.14. The van der Waals surface area contributed by atoms with E-state index in [2.05, 4.69) is 19.9 Å². The molecule has 0 saturated heterocycles. The van der Waals surface area contributed by atoms with Gasteiger partial charge >= 0.3 is 7.69 Å². The van der Waals surface area contributed by atoms with E-state index in [1.165, 1.54) is 11.1 Å². The number of halogens is 1. The highest BCUT2D eigenvalue weighted by atomic mass is 35.5. The first-order valence-corrected chi connectivity index (χ1v) is 6.49. The van der Waals surface area contributed by atoms with E-state index in [0.29, 0.717) is 13.4 Å². The summed E-state index contributed by atoms with van der Waals surface area (Å²) in [4.78, 5) is 0. The molecule has 0 aliphatic heterocycles. The van der Waals surface area contributed by atoms with Crippen LogP contribution >= 0.6 is 11.6 Å². The summed E-state index contributed by atoms with van der Waals surface area (Å²) in [6, 6.07) is 11.8. The van der Waals surface area contributed by atoms with Crippen LogP contribution in [0.1, 0.15) is 25.0 Å². The predicted octanol–water partition coefficient (Wildman–Crippen LogP) is 3.55. The molecule has 1 aliphatic rings. The first-order valence-electron chi connectivity index (χ1n) is 6.11. The Labute approximate surface area is 118 Å². The molecule has 2 aromatic carbocycles. The maximum Gasteiger partial charge on any atom is 0.569 e. The Bertz CT molecular complexity index is 653. The molecule has 95 valence electrons. The lowest BCUT2D eigenvalue weighted by Gasteiger charge is -2.21. The van der Waals surface area contributed by atoms with E-state index in [1.807, 2.05) is 30.3 Å². The van der Waals surface area contributed by atoms with Gasteiger partial charge in [0.05, 0.1) is 0 Å². The fourth-order valence-corrected chi connectivity index (χ4v) is 3.03. The number of hydrogen-bond donors (Lipinski definition) is 1. The Kier molecular flexibility index (Phi) is 2.84. The quantitative estimate of drug-likeness (QED) is 0.847. The zero-order valence-corrected chi connectivity index (χ0v) is 11.5. The van der Waals surface area contributed by atoms with Gasteiger partial charge in [-0.15, -0.1) is 0 Å². The van der Waals surface area contributed by atoms with Crippen LogP contribution in [0.2, 0.25) is 5.02 Å². The summed E-state index contributed by atoms with van der Waals surface area (Å²) in [5, 5.41) is 9.47. The molecular weight excluding hydrogens is 258 g/mol. The Hall–Kier alpha value is -1.45. The van der Waals surface area contributed by atoms with Crippen LogP contribution in [0.15, 0.2) is 36.4 Å². The minimum absolute atomic E-state index is 0.0449. The van der Waals surface area contributed by atoms with Crippen molar-refractivity contribution in [3.8, 4) is 16.9 Å². The highest BCUT2D eigenvalue weighted by molar-refractivity contribution is 6.31. The second-order valence-corrected chi connectivity index (χ2v) is 5.68. The number of benzene rings is 2. The molecule has 4 heteroatoms. The van der Waals surface area contributed by atoms with Crippen LogP contribution in [0.25, 0.3) is 11.1 Å². The van der Waals surface area contributed by atoms with Crippen molar-refractivity contribution in [1.82, 2.24) is 0 Å². The van der Waals surface area contributed by atoms with Crippen molar-refractivity contribution < 1.29 is 9.68 Å². The van der Waals surface area contributed by atoms with Gasteiger partial charge in [0.2, 0.25) is 0 Å². The molecule has 0 unspecified atom stereocenters. The van der Waals surface area contributed by atoms with Crippen LogP contribution in [0.4, 0.5) is 0 Å². The minimum atomic E-state index is -0.0449. The third-order valence-corrected chi connectivity index (χ3v) is 4.03. The fourth-order valence-electron chi connectivity index (χ4n) is 2.85. The molecule has 1 N–H and O–H groups in total. The van der Waals surface area contributed by atoms with Crippen LogP contribution < -0.4 is 4.65 Å². The molecule has 2 aromatic rings. The highest BCUT2D eigenvalue weighted by Crippen LogP contribution is 2.50. The van der Waals surface area contributed by atoms with Gasteiger partial charge in [0.15, 0.2) is 0 Å². The van der Waals surface area contributed by atoms with Crippen molar-refractivity contribution in [2.24, 2.45) is 0 Å². The summed E-state index contributed by atoms with van der Waals surface area (Å²) in [6.07, 6.45) is 0. The van der Waals surface area contributed by atoms with Gasteiger partial charge in [-0.05, 0) is 46.5 Å². The van der Waals surface area contributed by atoms with Gasteiger partial charge in [-0.25, -0.2) is 0 Å². The molecule has 0 saturated carbocycles. The molecule has 0 bridgehead atoms. The maximum atomic E-state index is 8.74. The molecule has 0 amide bonds. The smallest absolute Gasteiger partial charge is 0.537 e. The Morgan fingerprint density at radius 2 is 1.68 bits per heavy atom. The molecule has 0 aromatic heterocycles. The zero-order valence-electron chi connectivity index (χ0n) is 10.8. The first-order chi connectivity index (χ1) is 9.04.